The van der Waals surface area contributed by atoms with E-state index in [1.54, 1.807) is 30.4 Å². The van der Waals surface area contributed by atoms with Crippen LogP contribution in [-0.4, -0.2) is 32.8 Å². The lowest BCUT2D eigenvalue weighted by Gasteiger charge is -2.16. The summed E-state index contributed by atoms with van der Waals surface area (Å²) in [6.45, 7) is 2.30. The summed E-state index contributed by atoms with van der Waals surface area (Å²) in [5.41, 5.74) is 1.66. The van der Waals surface area contributed by atoms with Crippen LogP contribution in [0.15, 0.2) is 42.7 Å². The minimum absolute atomic E-state index is 0.0767. The predicted octanol–water partition coefficient (Wildman–Crippen LogP) is 3.83. The van der Waals surface area contributed by atoms with Gasteiger partial charge in [-0.25, -0.2) is 15.0 Å². The van der Waals surface area contributed by atoms with Gasteiger partial charge in [0.25, 0.3) is 5.91 Å². The van der Waals surface area contributed by atoms with E-state index in [4.69, 9.17) is 11.6 Å². The summed E-state index contributed by atoms with van der Waals surface area (Å²) in [6.07, 6.45) is 3.32. The molecule has 0 atom stereocenters. The molecule has 0 saturated heterocycles. The predicted molar refractivity (Wildman–Crippen MR) is 95.1 cm³/mol. The van der Waals surface area contributed by atoms with Gasteiger partial charge in [-0.15, -0.1) is 11.3 Å². The first-order valence-corrected chi connectivity index (χ1v) is 8.49. The van der Waals surface area contributed by atoms with Gasteiger partial charge in [-0.3, -0.25) is 4.79 Å². The zero-order chi connectivity index (χ0) is 17.1. The largest absolute Gasteiger partial charge is 0.337 e. The number of carbonyl (C=O) groups excluding carboxylic acids is 1. The number of halogens is 1. The number of benzene rings is 1. The number of rotatable bonds is 4. The molecule has 0 radical (unpaired) electrons. The van der Waals surface area contributed by atoms with Crippen molar-refractivity contribution in [1.29, 1.82) is 0 Å². The van der Waals surface area contributed by atoms with Crippen LogP contribution in [0.3, 0.4) is 0 Å². The van der Waals surface area contributed by atoms with Crippen molar-refractivity contribution in [1.82, 2.24) is 19.9 Å². The molecule has 5 nitrogen and oxygen atoms in total. The summed E-state index contributed by atoms with van der Waals surface area (Å²) in [5, 5.41) is 1.30. The van der Waals surface area contributed by atoms with Gasteiger partial charge < -0.3 is 4.90 Å². The van der Waals surface area contributed by atoms with Crippen molar-refractivity contribution in [3.05, 3.63) is 63.9 Å². The summed E-state index contributed by atoms with van der Waals surface area (Å²) >= 11 is 7.31. The lowest BCUT2D eigenvalue weighted by Crippen LogP contribution is -2.26. The number of carbonyl (C=O) groups is 1. The Hall–Kier alpha value is -2.31. The van der Waals surface area contributed by atoms with Crippen molar-refractivity contribution >= 4 is 28.8 Å². The number of hydrogen-bond donors (Lipinski definition) is 0. The maximum atomic E-state index is 12.7. The first-order valence-electron chi connectivity index (χ1n) is 7.29. The normalized spacial score (nSPS) is 10.6. The Bertz CT molecular complexity index is 866. The first-order chi connectivity index (χ1) is 11.5. The Kier molecular flexibility index (Phi) is 4.87. The molecule has 0 aliphatic heterocycles. The van der Waals surface area contributed by atoms with E-state index in [1.807, 2.05) is 31.2 Å². The van der Waals surface area contributed by atoms with Crippen molar-refractivity contribution in [2.75, 3.05) is 7.05 Å². The number of amides is 1. The van der Waals surface area contributed by atoms with Gasteiger partial charge in [-0.1, -0.05) is 23.7 Å². The van der Waals surface area contributed by atoms with Crippen molar-refractivity contribution in [2.24, 2.45) is 0 Å². The van der Waals surface area contributed by atoms with Crippen LogP contribution < -0.4 is 0 Å². The number of thiazole rings is 1. The van der Waals surface area contributed by atoms with Crippen molar-refractivity contribution in [2.45, 2.75) is 13.5 Å². The van der Waals surface area contributed by atoms with E-state index < -0.39 is 0 Å². The average molecular weight is 359 g/mol. The Morgan fingerprint density at radius 2 is 2.00 bits per heavy atom. The van der Waals surface area contributed by atoms with Gasteiger partial charge in [0.1, 0.15) is 4.88 Å². The van der Waals surface area contributed by atoms with Gasteiger partial charge in [0.15, 0.2) is 10.8 Å². The highest BCUT2D eigenvalue weighted by molar-refractivity contribution is 7.17. The summed E-state index contributed by atoms with van der Waals surface area (Å²) < 4.78 is 0. The Balaban J connectivity index is 1.81. The molecule has 2 heterocycles. The molecule has 24 heavy (non-hydrogen) atoms. The van der Waals surface area contributed by atoms with E-state index in [0.717, 1.165) is 5.56 Å². The molecule has 0 N–H and O–H groups in total. The third-order valence-electron chi connectivity index (χ3n) is 3.40. The van der Waals surface area contributed by atoms with Gasteiger partial charge in [0, 0.05) is 31.0 Å². The molecule has 2 aromatic heterocycles. The second-order valence-electron chi connectivity index (χ2n) is 5.30. The van der Waals surface area contributed by atoms with Crippen LogP contribution in [0.25, 0.3) is 10.8 Å². The topological polar surface area (TPSA) is 59.0 Å². The number of nitrogens with zero attached hydrogens (tertiary/aromatic N) is 4. The average Bonchev–Trinajstić information content (AvgIpc) is 2.97. The zero-order valence-electron chi connectivity index (χ0n) is 13.2. The van der Waals surface area contributed by atoms with E-state index in [-0.39, 0.29) is 5.91 Å². The van der Waals surface area contributed by atoms with Gasteiger partial charge in [-0.2, -0.15) is 0 Å². The summed E-state index contributed by atoms with van der Waals surface area (Å²) in [6, 6.07) is 9.23. The number of aryl methyl sites for hydroxylation is 1. The Morgan fingerprint density at radius 1 is 1.25 bits per heavy atom. The fourth-order valence-electron chi connectivity index (χ4n) is 2.25. The van der Waals surface area contributed by atoms with Crippen molar-refractivity contribution in [3.8, 4) is 10.8 Å². The second kappa shape index (κ2) is 7.07. The number of hydrogen-bond acceptors (Lipinski definition) is 5. The molecular formula is C17H15ClN4OS. The SMILES string of the molecule is Cc1nc(-c2ncccn2)sc1C(=O)N(C)Cc1cccc(Cl)c1. The van der Waals surface area contributed by atoms with Crippen LogP contribution in [0.2, 0.25) is 5.02 Å². The van der Waals surface area contributed by atoms with Crippen molar-refractivity contribution in [3.63, 3.8) is 0 Å². The molecule has 0 aliphatic carbocycles. The maximum Gasteiger partial charge on any atom is 0.265 e. The fourth-order valence-corrected chi connectivity index (χ4v) is 3.48. The van der Waals surface area contributed by atoms with Crippen LogP contribution in [0, 0.1) is 6.92 Å². The molecule has 0 fully saturated rings. The highest BCUT2D eigenvalue weighted by Gasteiger charge is 2.20. The maximum absolute atomic E-state index is 12.7. The quantitative estimate of drug-likeness (QED) is 0.711. The van der Waals surface area contributed by atoms with Crippen LogP contribution in [0.5, 0.6) is 0 Å². The fraction of sp³-hybridized carbons (Fsp3) is 0.176. The lowest BCUT2D eigenvalue weighted by atomic mass is 10.2. The summed E-state index contributed by atoms with van der Waals surface area (Å²) in [5.74, 6) is 0.453. The van der Waals surface area contributed by atoms with Crippen molar-refractivity contribution < 1.29 is 4.79 Å². The van der Waals surface area contributed by atoms with E-state index in [1.165, 1.54) is 11.3 Å². The molecule has 3 rings (SSSR count). The Morgan fingerprint density at radius 3 is 2.71 bits per heavy atom. The van der Waals surface area contributed by atoms with E-state index >= 15 is 0 Å². The highest BCUT2D eigenvalue weighted by Crippen LogP contribution is 2.26. The van der Waals surface area contributed by atoms with Gasteiger partial charge in [-0.05, 0) is 30.7 Å². The van der Waals surface area contributed by atoms with E-state index in [2.05, 4.69) is 15.0 Å². The van der Waals surface area contributed by atoms with Crippen LogP contribution in [0.1, 0.15) is 20.9 Å². The molecule has 3 aromatic rings. The standard InChI is InChI=1S/C17H15ClN4OS/c1-11-14(24-16(21-11)15-19-7-4-8-20-15)17(23)22(2)10-12-5-3-6-13(18)9-12/h3-9H,10H2,1-2H3. The van der Waals surface area contributed by atoms with Gasteiger partial charge in [0.2, 0.25) is 0 Å². The van der Waals surface area contributed by atoms with Crippen LogP contribution in [-0.2, 0) is 6.54 Å². The molecule has 122 valence electrons. The van der Waals surface area contributed by atoms with E-state index in [9.17, 15) is 4.79 Å². The minimum Gasteiger partial charge on any atom is -0.337 e. The zero-order valence-corrected chi connectivity index (χ0v) is 14.8. The molecule has 0 aliphatic rings. The minimum atomic E-state index is -0.0767. The molecule has 0 unspecified atom stereocenters. The summed E-state index contributed by atoms with van der Waals surface area (Å²) in [7, 11) is 1.76. The molecule has 1 aromatic carbocycles. The van der Waals surface area contributed by atoms with Crippen LogP contribution in [0.4, 0.5) is 0 Å². The third kappa shape index (κ3) is 3.60. The van der Waals surface area contributed by atoms with E-state index in [0.29, 0.717) is 33.0 Å². The third-order valence-corrected chi connectivity index (χ3v) is 4.78. The highest BCUT2D eigenvalue weighted by atomic mass is 35.5. The van der Waals surface area contributed by atoms with Gasteiger partial charge >= 0.3 is 0 Å². The van der Waals surface area contributed by atoms with Gasteiger partial charge in [0.05, 0.1) is 5.69 Å². The first kappa shape index (κ1) is 16.5. The molecule has 7 heteroatoms. The molecule has 0 saturated carbocycles. The molecule has 0 bridgehead atoms. The lowest BCUT2D eigenvalue weighted by molar-refractivity contribution is 0.0789. The molecule has 0 spiro atoms. The second-order valence-corrected chi connectivity index (χ2v) is 6.73. The monoisotopic (exact) mass is 358 g/mol. The summed E-state index contributed by atoms with van der Waals surface area (Å²) in [4.78, 5) is 27.8. The number of aromatic nitrogens is 3. The molecule has 1 amide bonds. The molecular weight excluding hydrogens is 344 g/mol. The van der Waals surface area contributed by atoms with Crippen LogP contribution >= 0.6 is 22.9 Å². The smallest absolute Gasteiger partial charge is 0.265 e. The Labute approximate surface area is 149 Å².